The average molecular weight is 571 g/mol. The van der Waals surface area contributed by atoms with E-state index in [-0.39, 0.29) is 18.3 Å². The second-order valence-electron chi connectivity index (χ2n) is 7.74. The lowest BCUT2D eigenvalue weighted by atomic mass is 10.1. The van der Waals surface area contributed by atoms with E-state index in [2.05, 4.69) is 20.9 Å². The molecule has 186 valence electrons. The number of hydrogen-bond acceptors (Lipinski definition) is 6. The van der Waals surface area contributed by atoms with Gasteiger partial charge in [0.15, 0.2) is 16.7 Å². The second-order valence-corrected chi connectivity index (χ2v) is 9.60. The van der Waals surface area contributed by atoms with Gasteiger partial charge in [-0.2, -0.15) is 0 Å². The summed E-state index contributed by atoms with van der Waals surface area (Å²) in [5, 5.41) is 0.597. The molecule has 4 rings (SSSR count). The highest BCUT2D eigenvalue weighted by Gasteiger charge is 2.33. The van der Waals surface area contributed by atoms with Crippen LogP contribution >= 0.6 is 27.7 Å². The zero-order chi connectivity index (χ0) is 25.5. The van der Waals surface area contributed by atoms with E-state index in [4.69, 9.17) is 14.2 Å². The van der Waals surface area contributed by atoms with Crippen LogP contribution < -0.4 is 9.47 Å². The van der Waals surface area contributed by atoms with Crippen LogP contribution in [0, 0.1) is 5.82 Å². The first-order valence-electron chi connectivity index (χ1n) is 11.1. The molecule has 0 N–H and O–H groups in total. The maximum absolute atomic E-state index is 13.2. The summed E-state index contributed by atoms with van der Waals surface area (Å²) in [6.45, 7) is 1.04. The number of ether oxygens (including phenoxy) is 3. The molecule has 0 aliphatic carbocycles. The van der Waals surface area contributed by atoms with Crippen LogP contribution in [0.4, 0.5) is 10.1 Å². The number of amides is 1. The van der Waals surface area contributed by atoms with Gasteiger partial charge in [-0.15, -0.1) is 0 Å². The van der Waals surface area contributed by atoms with Crippen molar-refractivity contribution in [1.82, 2.24) is 4.90 Å². The number of amidine groups is 1. The summed E-state index contributed by atoms with van der Waals surface area (Å²) >= 11 is 4.87. The fourth-order valence-corrected chi connectivity index (χ4v) is 5.03. The van der Waals surface area contributed by atoms with Crippen LogP contribution in [0.3, 0.4) is 0 Å². The zero-order valence-electron chi connectivity index (χ0n) is 19.7. The maximum Gasteiger partial charge on any atom is 0.266 e. The molecule has 9 heteroatoms. The first-order chi connectivity index (χ1) is 17.5. The molecule has 1 fully saturated rings. The molecular weight excluding hydrogens is 547 g/mol. The van der Waals surface area contributed by atoms with Crippen molar-refractivity contribution in [3.05, 3.63) is 93.1 Å². The highest BCUT2D eigenvalue weighted by Crippen LogP contribution is 2.40. The fraction of sp³-hybridized carbons (Fsp3) is 0.185. The molecule has 3 aromatic rings. The van der Waals surface area contributed by atoms with E-state index in [9.17, 15) is 9.18 Å². The normalized spacial score (nSPS) is 15.7. The minimum Gasteiger partial charge on any atom is -0.493 e. The number of carbonyl (C=O) groups excluding carboxylic acids is 1. The standard InChI is InChI=1S/C27H24BrFN2O4S/c1-33-13-12-31-26(32)24(36-27(31)30-21-6-4-3-5-7-21)16-19-14-22(28)25(23(15-19)34-2)35-17-18-8-10-20(29)11-9-18/h3-11,14-16H,12-13,17H2,1-2H3/b24-16+,30-27?. The van der Waals surface area contributed by atoms with Crippen LogP contribution in [0.25, 0.3) is 6.08 Å². The maximum atomic E-state index is 13.2. The van der Waals surface area contributed by atoms with Gasteiger partial charge in [-0.3, -0.25) is 9.69 Å². The van der Waals surface area contributed by atoms with E-state index in [1.54, 1.807) is 43.4 Å². The quantitative estimate of drug-likeness (QED) is 0.277. The first kappa shape index (κ1) is 25.9. The van der Waals surface area contributed by atoms with Gasteiger partial charge in [0.2, 0.25) is 0 Å². The van der Waals surface area contributed by atoms with Gasteiger partial charge in [0.1, 0.15) is 12.4 Å². The fourth-order valence-electron chi connectivity index (χ4n) is 3.43. The average Bonchev–Trinajstić information content (AvgIpc) is 3.16. The molecule has 3 aromatic carbocycles. The van der Waals surface area contributed by atoms with Gasteiger partial charge in [-0.05, 0) is 81.3 Å². The Kier molecular flexibility index (Phi) is 8.79. The number of halogens is 2. The van der Waals surface area contributed by atoms with E-state index in [0.717, 1.165) is 16.8 Å². The summed E-state index contributed by atoms with van der Waals surface area (Å²) in [5.74, 6) is 0.580. The Hall–Kier alpha value is -3.14. The number of hydrogen-bond donors (Lipinski definition) is 0. The molecule has 6 nitrogen and oxygen atoms in total. The van der Waals surface area contributed by atoms with Gasteiger partial charge in [-0.25, -0.2) is 9.38 Å². The van der Waals surface area contributed by atoms with E-state index in [0.29, 0.717) is 39.2 Å². The number of carbonyl (C=O) groups is 1. The smallest absolute Gasteiger partial charge is 0.266 e. The van der Waals surface area contributed by atoms with Gasteiger partial charge in [0.25, 0.3) is 5.91 Å². The van der Waals surface area contributed by atoms with Gasteiger partial charge in [-0.1, -0.05) is 30.3 Å². The van der Waals surface area contributed by atoms with Crippen LogP contribution in [-0.4, -0.2) is 43.3 Å². The molecule has 0 aromatic heterocycles. The highest BCUT2D eigenvalue weighted by atomic mass is 79.9. The van der Waals surface area contributed by atoms with E-state index in [1.807, 2.05) is 36.4 Å². The monoisotopic (exact) mass is 570 g/mol. The number of rotatable bonds is 9. The number of para-hydroxylation sites is 1. The van der Waals surface area contributed by atoms with Gasteiger partial charge < -0.3 is 14.2 Å². The molecule has 1 saturated heterocycles. The van der Waals surface area contributed by atoms with Crippen LogP contribution in [0.5, 0.6) is 11.5 Å². The van der Waals surface area contributed by atoms with Crippen molar-refractivity contribution in [2.75, 3.05) is 27.4 Å². The third-order valence-electron chi connectivity index (χ3n) is 5.23. The Balaban J connectivity index is 1.59. The van der Waals surface area contributed by atoms with Gasteiger partial charge in [0.05, 0.1) is 35.3 Å². The zero-order valence-corrected chi connectivity index (χ0v) is 22.1. The molecule has 0 saturated carbocycles. The molecule has 1 aliphatic rings. The Morgan fingerprint density at radius 2 is 1.83 bits per heavy atom. The van der Waals surface area contributed by atoms with Crippen molar-refractivity contribution >= 4 is 50.5 Å². The van der Waals surface area contributed by atoms with Crippen molar-refractivity contribution in [2.24, 2.45) is 4.99 Å². The molecular formula is C27H24BrFN2O4S. The van der Waals surface area contributed by atoms with Crippen LogP contribution in [0.1, 0.15) is 11.1 Å². The van der Waals surface area contributed by atoms with Crippen LogP contribution in [0.15, 0.2) is 81.1 Å². The van der Waals surface area contributed by atoms with Crippen LogP contribution in [-0.2, 0) is 16.1 Å². The molecule has 0 spiro atoms. The summed E-state index contributed by atoms with van der Waals surface area (Å²) in [6, 6.07) is 19.3. The van der Waals surface area contributed by atoms with Crippen molar-refractivity contribution in [3.63, 3.8) is 0 Å². The molecule has 0 atom stereocenters. The summed E-state index contributed by atoms with van der Waals surface area (Å²) < 4.78 is 30.5. The molecule has 0 unspecified atom stereocenters. The Morgan fingerprint density at radius 3 is 2.53 bits per heavy atom. The lowest BCUT2D eigenvalue weighted by molar-refractivity contribution is -0.122. The third-order valence-corrected chi connectivity index (χ3v) is 6.83. The summed E-state index contributed by atoms with van der Waals surface area (Å²) in [5.41, 5.74) is 2.35. The predicted molar refractivity (Wildman–Crippen MR) is 144 cm³/mol. The van der Waals surface area contributed by atoms with Crippen molar-refractivity contribution < 1.29 is 23.4 Å². The molecule has 36 heavy (non-hydrogen) atoms. The van der Waals surface area contributed by atoms with Crippen molar-refractivity contribution in [1.29, 1.82) is 0 Å². The van der Waals surface area contributed by atoms with Crippen LogP contribution in [0.2, 0.25) is 0 Å². The van der Waals surface area contributed by atoms with E-state index >= 15 is 0 Å². The number of benzene rings is 3. The predicted octanol–water partition coefficient (Wildman–Crippen LogP) is 6.43. The molecule has 0 radical (unpaired) electrons. The second kappa shape index (κ2) is 12.2. The Morgan fingerprint density at radius 1 is 1.08 bits per heavy atom. The lowest BCUT2D eigenvalue weighted by Gasteiger charge is -2.15. The Bertz CT molecular complexity index is 1280. The molecule has 1 heterocycles. The summed E-state index contributed by atoms with van der Waals surface area (Å²) in [7, 11) is 3.15. The minimum absolute atomic E-state index is 0.140. The highest BCUT2D eigenvalue weighted by molar-refractivity contribution is 9.10. The molecule has 1 amide bonds. The summed E-state index contributed by atoms with van der Waals surface area (Å²) in [6.07, 6.45) is 1.80. The lowest BCUT2D eigenvalue weighted by Crippen LogP contribution is -2.32. The number of aliphatic imine (C=N–C) groups is 1. The third kappa shape index (κ3) is 6.34. The Labute approximate surface area is 221 Å². The van der Waals surface area contributed by atoms with E-state index in [1.165, 1.54) is 23.9 Å². The van der Waals surface area contributed by atoms with E-state index < -0.39 is 0 Å². The minimum atomic E-state index is -0.299. The molecule has 0 bridgehead atoms. The number of methoxy groups -OCH3 is 2. The number of thioether (sulfide) groups is 1. The summed E-state index contributed by atoms with van der Waals surface area (Å²) in [4.78, 5) is 20.0. The van der Waals surface area contributed by atoms with Gasteiger partial charge in [0, 0.05) is 7.11 Å². The van der Waals surface area contributed by atoms with Crippen molar-refractivity contribution in [2.45, 2.75) is 6.61 Å². The largest absolute Gasteiger partial charge is 0.493 e. The van der Waals surface area contributed by atoms with Gasteiger partial charge >= 0.3 is 0 Å². The van der Waals surface area contributed by atoms with Crippen molar-refractivity contribution in [3.8, 4) is 11.5 Å². The molecule has 1 aliphatic heterocycles. The number of nitrogens with zero attached hydrogens (tertiary/aromatic N) is 2. The topological polar surface area (TPSA) is 60.4 Å². The first-order valence-corrected chi connectivity index (χ1v) is 12.7. The SMILES string of the molecule is COCCN1C(=O)/C(=C\c2cc(Br)c(OCc3ccc(F)cc3)c(OC)c2)SC1=Nc1ccccc1.